The van der Waals surface area contributed by atoms with Gasteiger partial charge in [0.2, 0.25) is 0 Å². The Balaban J connectivity index is 2.24. The third kappa shape index (κ3) is 3.70. The van der Waals surface area contributed by atoms with Crippen LogP contribution in [0.5, 0.6) is 0 Å². The molecule has 0 aromatic heterocycles. The number of nitrogens with zero attached hydrogens (tertiary/aromatic N) is 1. The first-order chi connectivity index (χ1) is 9.61. The number of nitrogens with one attached hydrogen (secondary N) is 1. The van der Waals surface area contributed by atoms with E-state index in [9.17, 15) is 18.5 Å². The summed E-state index contributed by atoms with van der Waals surface area (Å²) in [5.41, 5.74) is 5.76. The van der Waals surface area contributed by atoms with Crippen LogP contribution < -0.4 is 11.1 Å². The Morgan fingerprint density at radius 3 is 2.57 bits per heavy atom. The van der Waals surface area contributed by atoms with Gasteiger partial charge in [-0.05, 0) is 37.8 Å². The number of hydrogen-bond acceptors (Lipinski definition) is 6. The molecule has 1 aromatic rings. The largest absolute Gasteiger partial charge is 0.378 e. The third-order valence-corrected chi connectivity index (χ3v) is 4.87. The highest BCUT2D eigenvalue weighted by atomic mass is 32.2. The highest BCUT2D eigenvalue weighted by Crippen LogP contribution is 2.38. The van der Waals surface area contributed by atoms with Gasteiger partial charge in [-0.2, -0.15) is 0 Å². The van der Waals surface area contributed by atoms with E-state index in [2.05, 4.69) is 5.32 Å². The zero-order valence-corrected chi connectivity index (χ0v) is 12.8. The highest BCUT2D eigenvalue weighted by Gasteiger charge is 2.38. The lowest BCUT2D eigenvalue weighted by molar-refractivity contribution is -0.384. The molecule has 1 aromatic carbocycles. The summed E-state index contributed by atoms with van der Waals surface area (Å²) in [6.45, 7) is 2.31. The second kappa shape index (κ2) is 5.27. The first-order valence-electron chi connectivity index (χ1n) is 6.62. The quantitative estimate of drug-likeness (QED) is 0.608. The fraction of sp³-hybridized carbons (Fsp3) is 0.538. The van der Waals surface area contributed by atoms with E-state index in [4.69, 9.17) is 5.73 Å². The number of hydrogen-bond donors (Lipinski definition) is 2. The van der Waals surface area contributed by atoms with Crippen LogP contribution in [0.15, 0.2) is 23.1 Å². The Morgan fingerprint density at radius 1 is 1.48 bits per heavy atom. The van der Waals surface area contributed by atoms with Crippen LogP contribution in [-0.2, 0) is 9.84 Å². The Bertz CT molecular complexity index is 666. The van der Waals surface area contributed by atoms with Crippen LogP contribution in [0.1, 0.15) is 19.8 Å². The van der Waals surface area contributed by atoms with Crippen molar-refractivity contribution in [2.75, 3.05) is 18.1 Å². The molecule has 1 aliphatic carbocycles. The topological polar surface area (TPSA) is 115 Å². The number of anilines is 1. The Labute approximate surface area is 123 Å². The molecular weight excluding hydrogens is 294 g/mol. The van der Waals surface area contributed by atoms with Crippen LogP contribution in [0.25, 0.3) is 0 Å². The van der Waals surface area contributed by atoms with Gasteiger partial charge in [0, 0.05) is 24.4 Å². The van der Waals surface area contributed by atoms with E-state index in [-0.39, 0.29) is 16.3 Å². The van der Waals surface area contributed by atoms with E-state index < -0.39 is 20.3 Å². The van der Waals surface area contributed by atoms with Crippen LogP contribution in [0.2, 0.25) is 0 Å². The van der Waals surface area contributed by atoms with E-state index in [1.807, 2.05) is 6.92 Å². The highest BCUT2D eigenvalue weighted by molar-refractivity contribution is 7.90. The van der Waals surface area contributed by atoms with Gasteiger partial charge in [0.15, 0.2) is 9.84 Å². The van der Waals surface area contributed by atoms with Crippen molar-refractivity contribution in [1.82, 2.24) is 0 Å². The molecule has 0 heterocycles. The van der Waals surface area contributed by atoms with Gasteiger partial charge in [-0.1, -0.05) is 0 Å². The average molecular weight is 313 g/mol. The van der Waals surface area contributed by atoms with Crippen molar-refractivity contribution in [2.24, 2.45) is 11.7 Å². The number of benzene rings is 1. The molecule has 0 unspecified atom stereocenters. The normalized spacial score (nSPS) is 18.0. The summed E-state index contributed by atoms with van der Waals surface area (Å²) in [6, 6.07) is 3.84. The van der Waals surface area contributed by atoms with Gasteiger partial charge in [0.1, 0.15) is 5.69 Å². The average Bonchev–Trinajstić information content (AvgIpc) is 3.19. The molecule has 0 spiro atoms. The van der Waals surface area contributed by atoms with Crippen molar-refractivity contribution in [1.29, 1.82) is 0 Å². The first-order valence-corrected chi connectivity index (χ1v) is 8.51. The van der Waals surface area contributed by atoms with Crippen molar-refractivity contribution in [3.05, 3.63) is 28.3 Å². The zero-order chi connectivity index (χ0) is 15.8. The molecule has 21 heavy (non-hydrogen) atoms. The molecule has 0 bridgehead atoms. The first kappa shape index (κ1) is 15.7. The summed E-state index contributed by atoms with van der Waals surface area (Å²) in [5, 5.41) is 14.1. The summed E-state index contributed by atoms with van der Waals surface area (Å²) in [5.74, 6) is 0.430. The summed E-state index contributed by atoms with van der Waals surface area (Å²) in [6.07, 6.45) is 3.16. The van der Waals surface area contributed by atoms with Crippen LogP contribution >= 0.6 is 0 Å². The summed E-state index contributed by atoms with van der Waals surface area (Å²) in [7, 11) is -3.48. The predicted molar refractivity (Wildman–Crippen MR) is 80.0 cm³/mol. The molecule has 0 radical (unpaired) electrons. The minimum absolute atomic E-state index is 0.0718. The number of nitro groups is 1. The van der Waals surface area contributed by atoms with Crippen LogP contribution in [-0.4, -0.2) is 31.7 Å². The molecule has 116 valence electrons. The van der Waals surface area contributed by atoms with E-state index in [1.54, 1.807) is 0 Å². The van der Waals surface area contributed by atoms with E-state index >= 15 is 0 Å². The molecule has 7 nitrogen and oxygen atoms in total. The van der Waals surface area contributed by atoms with Crippen molar-refractivity contribution in [2.45, 2.75) is 30.2 Å². The minimum Gasteiger partial charge on any atom is -0.378 e. The third-order valence-electron chi connectivity index (χ3n) is 3.76. The molecule has 0 saturated heterocycles. The molecule has 0 amide bonds. The van der Waals surface area contributed by atoms with Crippen molar-refractivity contribution < 1.29 is 13.3 Å². The van der Waals surface area contributed by atoms with Gasteiger partial charge < -0.3 is 11.1 Å². The van der Waals surface area contributed by atoms with Gasteiger partial charge in [0.05, 0.1) is 9.82 Å². The maximum Gasteiger partial charge on any atom is 0.293 e. The summed E-state index contributed by atoms with van der Waals surface area (Å²) in [4.78, 5) is 10.4. The van der Waals surface area contributed by atoms with E-state index in [0.717, 1.165) is 25.2 Å². The minimum atomic E-state index is -3.48. The fourth-order valence-corrected chi connectivity index (χ4v) is 2.86. The molecule has 1 aliphatic rings. The van der Waals surface area contributed by atoms with Crippen molar-refractivity contribution in [3.8, 4) is 0 Å². The van der Waals surface area contributed by atoms with Crippen molar-refractivity contribution >= 4 is 21.2 Å². The predicted octanol–water partition coefficient (Wildman–Crippen LogP) is 1.54. The van der Waals surface area contributed by atoms with E-state index in [1.165, 1.54) is 12.1 Å². The molecule has 1 saturated carbocycles. The molecule has 8 heteroatoms. The molecule has 2 rings (SSSR count). The molecule has 3 N–H and O–H groups in total. The smallest absolute Gasteiger partial charge is 0.293 e. The standard InChI is InChI=1S/C13H19N3O4S/c1-13(14,9-3-4-9)8-15-11-6-5-10(21(2,19)20)7-12(11)16(17)18/h5-7,9,15H,3-4,8,14H2,1-2H3/t13-/m0/s1. The SMILES string of the molecule is C[C@](N)(CNc1ccc(S(C)(=O)=O)cc1[N+](=O)[O-])C1CC1. The van der Waals surface area contributed by atoms with Crippen LogP contribution in [0.4, 0.5) is 11.4 Å². The second-order valence-corrected chi connectivity index (χ2v) is 7.86. The number of nitrogens with two attached hydrogens (primary N) is 1. The van der Waals surface area contributed by atoms with Crippen LogP contribution in [0, 0.1) is 16.0 Å². The van der Waals surface area contributed by atoms with Crippen molar-refractivity contribution in [3.63, 3.8) is 0 Å². The Hall–Kier alpha value is -1.67. The van der Waals surface area contributed by atoms with Gasteiger partial charge >= 0.3 is 0 Å². The van der Waals surface area contributed by atoms with Gasteiger partial charge in [0.25, 0.3) is 5.69 Å². The molecular formula is C13H19N3O4S. The van der Waals surface area contributed by atoms with Gasteiger partial charge in [-0.3, -0.25) is 10.1 Å². The van der Waals surface area contributed by atoms with Crippen LogP contribution in [0.3, 0.4) is 0 Å². The molecule has 1 atom stereocenters. The fourth-order valence-electron chi connectivity index (χ4n) is 2.22. The van der Waals surface area contributed by atoms with Gasteiger partial charge in [-0.15, -0.1) is 0 Å². The summed E-state index contributed by atoms with van der Waals surface area (Å²) < 4.78 is 22.9. The van der Waals surface area contributed by atoms with E-state index in [0.29, 0.717) is 12.5 Å². The summed E-state index contributed by atoms with van der Waals surface area (Å²) >= 11 is 0. The second-order valence-electron chi connectivity index (χ2n) is 5.84. The zero-order valence-electron chi connectivity index (χ0n) is 12.0. The maximum absolute atomic E-state index is 11.5. The maximum atomic E-state index is 11.5. The Kier molecular flexibility index (Phi) is 3.94. The molecule has 1 fully saturated rings. The lowest BCUT2D eigenvalue weighted by Crippen LogP contribution is -2.45. The monoisotopic (exact) mass is 313 g/mol. The number of sulfone groups is 1. The lowest BCUT2D eigenvalue weighted by Gasteiger charge is -2.25. The Morgan fingerprint density at radius 2 is 2.10 bits per heavy atom. The lowest BCUT2D eigenvalue weighted by atomic mass is 9.97. The van der Waals surface area contributed by atoms with Gasteiger partial charge in [-0.25, -0.2) is 8.42 Å². The molecule has 0 aliphatic heterocycles. The number of rotatable bonds is 6. The number of nitro benzene ring substituents is 1.